The van der Waals surface area contributed by atoms with Crippen LogP contribution in [0.5, 0.6) is 5.75 Å². The van der Waals surface area contributed by atoms with Crippen LogP contribution >= 0.6 is 0 Å². The van der Waals surface area contributed by atoms with Gasteiger partial charge in [0.05, 0.1) is 7.11 Å². The van der Waals surface area contributed by atoms with Crippen molar-refractivity contribution in [3.63, 3.8) is 0 Å². The molecule has 0 radical (unpaired) electrons. The molecule has 0 aliphatic heterocycles. The molecule has 0 fully saturated rings. The average molecular weight is 270 g/mol. The predicted molar refractivity (Wildman–Crippen MR) is 75.9 cm³/mol. The molecule has 102 valence electrons. The highest BCUT2D eigenvalue weighted by atomic mass is 16.5. The Hall–Kier alpha value is -2.82. The maximum Gasteiger partial charge on any atom is 0.255 e. The lowest BCUT2D eigenvalue weighted by Crippen LogP contribution is -2.13. The first-order chi connectivity index (χ1) is 9.60. The second-order valence-electron chi connectivity index (χ2n) is 4.13. The third-order valence-corrected chi connectivity index (χ3v) is 2.76. The number of anilines is 1. The zero-order chi connectivity index (χ0) is 14.5. The van der Waals surface area contributed by atoms with E-state index in [2.05, 4.69) is 5.32 Å². The van der Waals surface area contributed by atoms with E-state index < -0.39 is 5.91 Å². The van der Waals surface area contributed by atoms with Crippen molar-refractivity contribution >= 4 is 17.5 Å². The van der Waals surface area contributed by atoms with Gasteiger partial charge in [-0.15, -0.1) is 0 Å². The lowest BCUT2D eigenvalue weighted by Gasteiger charge is -2.07. The van der Waals surface area contributed by atoms with Crippen molar-refractivity contribution in [3.05, 3.63) is 59.7 Å². The fraction of sp³-hybridized carbons (Fsp3) is 0.0667. The first kappa shape index (κ1) is 13.6. The number of nitrogens with two attached hydrogens (primary N) is 1. The number of rotatable bonds is 4. The van der Waals surface area contributed by atoms with Crippen LogP contribution in [0, 0.1) is 0 Å². The molecule has 5 heteroatoms. The number of hydrogen-bond acceptors (Lipinski definition) is 3. The molecule has 0 saturated heterocycles. The summed E-state index contributed by atoms with van der Waals surface area (Å²) >= 11 is 0. The molecule has 2 aromatic carbocycles. The van der Waals surface area contributed by atoms with Gasteiger partial charge in [0.15, 0.2) is 0 Å². The molecule has 0 aliphatic rings. The number of methoxy groups -OCH3 is 1. The Morgan fingerprint density at radius 2 is 1.75 bits per heavy atom. The van der Waals surface area contributed by atoms with E-state index in [-0.39, 0.29) is 5.91 Å². The van der Waals surface area contributed by atoms with Gasteiger partial charge in [0.2, 0.25) is 5.91 Å². The van der Waals surface area contributed by atoms with Crippen LogP contribution in [0.15, 0.2) is 48.5 Å². The second-order valence-corrected chi connectivity index (χ2v) is 4.13. The Bertz CT molecular complexity index is 636. The molecule has 5 nitrogen and oxygen atoms in total. The molecule has 20 heavy (non-hydrogen) atoms. The summed E-state index contributed by atoms with van der Waals surface area (Å²) in [6, 6.07) is 13.2. The summed E-state index contributed by atoms with van der Waals surface area (Å²) in [5.41, 5.74) is 6.62. The maximum atomic E-state index is 12.0. The molecule has 0 bridgehead atoms. The van der Waals surface area contributed by atoms with Crippen molar-refractivity contribution in [2.45, 2.75) is 0 Å². The molecular weight excluding hydrogens is 256 g/mol. The van der Waals surface area contributed by atoms with E-state index in [0.29, 0.717) is 22.6 Å². The largest absolute Gasteiger partial charge is 0.497 e. The van der Waals surface area contributed by atoms with E-state index in [0.717, 1.165) is 0 Å². The fourth-order valence-corrected chi connectivity index (χ4v) is 1.69. The predicted octanol–water partition coefficient (Wildman–Crippen LogP) is 2.05. The molecular formula is C15H14N2O3. The summed E-state index contributed by atoms with van der Waals surface area (Å²) in [5, 5.41) is 2.73. The van der Waals surface area contributed by atoms with Gasteiger partial charge in [-0.25, -0.2) is 0 Å². The number of benzene rings is 2. The zero-order valence-electron chi connectivity index (χ0n) is 10.9. The lowest BCUT2D eigenvalue weighted by atomic mass is 10.1. The lowest BCUT2D eigenvalue weighted by molar-refractivity contribution is 0.0998. The van der Waals surface area contributed by atoms with Crippen LogP contribution < -0.4 is 15.8 Å². The number of hydrogen-bond donors (Lipinski definition) is 2. The van der Waals surface area contributed by atoms with Crippen molar-refractivity contribution in [3.8, 4) is 5.75 Å². The van der Waals surface area contributed by atoms with Gasteiger partial charge < -0.3 is 15.8 Å². The first-order valence-electron chi connectivity index (χ1n) is 5.95. The minimum Gasteiger partial charge on any atom is -0.497 e. The molecule has 3 N–H and O–H groups in total. The third-order valence-electron chi connectivity index (χ3n) is 2.76. The minimum absolute atomic E-state index is 0.254. The van der Waals surface area contributed by atoms with Crippen molar-refractivity contribution < 1.29 is 14.3 Å². The zero-order valence-corrected chi connectivity index (χ0v) is 10.9. The van der Waals surface area contributed by atoms with Crippen molar-refractivity contribution in [1.29, 1.82) is 0 Å². The highest BCUT2D eigenvalue weighted by Gasteiger charge is 2.07. The number of primary amides is 1. The summed E-state index contributed by atoms with van der Waals surface area (Å²) in [5.74, 6) is -0.145. The normalized spacial score (nSPS) is 9.85. The molecule has 2 amide bonds. The third kappa shape index (κ3) is 3.14. The minimum atomic E-state index is -0.504. The standard InChI is InChI=1S/C15H14N2O3/c1-20-13-4-2-3-11(9-13)15(19)17-12-7-5-10(6-8-12)14(16)18/h2-9H,1H3,(H2,16,18)(H,17,19). The number of nitrogens with one attached hydrogen (secondary N) is 1. The quantitative estimate of drug-likeness (QED) is 0.892. The summed E-state index contributed by atoms with van der Waals surface area (Å²) < 4.78 is 5.07. The van der Waals surface area contributed by atoms with Crippen molar-refractivity contribution in [1.82, 2.24) is 0 Å². The number of carbonyl (C=O) groups excluding carboxylic acids is 2. The highest BCUT2D eigenvalue weighted by molar-refractivity contribution is 6.04. The maximum absolute atomic E-state index is 12.0. The van der Waals surface area contributed by atoms with Crippen LogP contribution in [0.4, 0.5) is 5.69 Å². The van der Waals surface area contributed by atoms with Gasteiger partial charge in [-0.2, -0.15) is 0 Å². The van der Waals surface area contributed by atoms with E-state index >= 15 is 0 Å². The van der Waals surface area contributed by atoms with Crippen LogP contribution in [0.25, 0.3) is 0 Å². The molecule has 0 aromatic heterocycles. The monoisotopic (exact) mass is 270 g/mol. The Morgan fingerprint density at radius 1 is 1.05 bits per heavy atom. The Labute approximate surface area is 116 Å². The highest BCUT2D eigenvalue weighted by Crippen LogP contribution is 2.15. The molecule has 2 rings (SSSR count). The van der Waals surface area contributed by atoms with Crippen molar-refractivity contribution in [2.75, 3.05) is 12.4 Å². The van der Waals surface area contributed by atoms with E-state index in [9.17, 15) is 9.59 Å². The molecule has 0 heterocycles. The van der Waals surface area contributed by atoms with Gasteiger partial charge >= 0.3 is 0 Å². The summed E-state index contributed by atoms with van der Waals surface area (Å²) in [4.78, 5) is 23.0. The van der Waals surface area contributed by atoms with E-state index in [4.69, 9.17) is 10.5 Å². The van der Waals surface area contributed by atoms with E-state index in [1.54, 1.807) is 55.6 Å². The van der Waals surface area contributed by atoms with Crippen LogP contribution in [0.1, 0.15) is 20.7 Å². The van der Waals surface area contributed by atoms with Gasteiger partial charge in [0, 0.05) is 16.8 Å². The fourth-order valence-electron chi connectivity index (χ4n) is 1.69. The van der Waals surface area contributed by atoms with E-state index in [1.807, 2.05) is 0 Å². The molecule has 0 unspecified atom stereocenters. The summed E-state index contributed by atoms with van der Waals surface area (Å²) in [6.07, 6.45) is 0. The summed E-state index contributed by atoms with van der Waals surface area (Å²) in [6.45, 7) is 0. The summed E-state index contributed by atoms with van der Waals surface area (Å²) in [7, 11) is 1.54. The molecule has 0 aliphatic carbocycles. The molecule has 2 aromatic rings. The average Bonchev–Trinajstić information content (AvgIpc) is 2.47. The second kappa shape index (κ2) is 5.88. The number of ether oxygens (including phenoxy) is 1. The SMILES string of the molecule is COc1cccc(C(=O)Nc2ccc(C(N)=O)cc2)c1. The van der Waals surface area contributed by atoms with Gasteiger partial charge in [0.25, 0.3) is 5.91 Å². The van der Waals surface area contributed by atoms with Gasteiger partial charge in [-0.05, 0) is 42.5 Å². The Morgan fingerprint density at radius 3 is 2.35 bits per heavy atom. The smallest absolute Gasteiger partial charge is 0.255 e. The van der Waals surface area contributed by atoms with Crippen LogP contribution in [-0.2, 0) is 0 Å². The van der Waals surface area contributed by atoms with Crippen LogP contribution in [0.3, 0.4) is 0 Å². The van der Waals surface area contributed by atoms with Gasteiger partial charge in [-0.1, -0.05) is 6.07 Å². The topological polar surface area (TPSA) is 81.4 Å². The first-order valence-corrected chi connectivity index (χ1v) is 5.95. The van der Waals surface area contributed by atoms with Crippen LogP contribution in [-0.4, -0.2) is 18.9 Å². The molecule has 0 spiro atoms. The van der Waals surface area contributed by atoms with Crippen LogP contribution in [0.2, 0.25) is 0 Å². The van der Waals surface area contributed by atoms with Gasteiger partial charge in [0.1, 0.15) is 5.75 Å². The molecule has 0 saturated carbocycles. The number of amides is 2. The Kier molecular flexibility index (Phi) is 4.00. The molecule has 0 atom stereocenters. The Balaban J connectivity index is 2.12. The van der Waals surface area contributed by atoms with Crippen molar-refractivity contribution in [2.24, 2.45) is 5.73 Å². The van der Waals surface area contributed by atoms with Gasteiger partial charge in [-0.3, -0.25) is 9.59 Å². The number of carbonyl (C=O) groups is 2. The van der Waals surface area contributed by atoms with E-state index in [1.165, 1.54) is 0 Å².